The molecule has 2 heterocycles. The number of benzene rings is 1. The van der Waals surface area contributed by atoms with Gasteiger partial charge in [-0.15, -0.1) is 5.10 Å². The quantitative estimate of drug-likeness (QED) is 0.803. The second-order valence-electron chi connectivity index (χ2n) is 4.67. The molecule has 0 saturated carbocycles. The van der Waals surface area contributed by atoms with Crippen LogP contribution < -0.4 is 0 Å². The molecule has 0 aliphatic heterocycles. The highest BCUT2D eigenvalue weighted by molar-refractivity contribution is 6.30. The van der Waals surface area contributed by atoms with Crippen LogP contribution in [0.25, 0.3) is 16.9 Å². The molecule has 1 N–H and O–H groups in total. The van der Waals surface area contributed by atoms with Crippen molar-refractivity contribution in [1.82, 2.24) is 20.0 Å². The van der Waals surface area contributed by atoms with Gasteiger partial charge < -0.3 is 5.11 Å². The first-order chi connectivity index (χ1) is 10.6. The van der Waals surface area contributed by atoms with Gasteiger partial charge in [-0.05, 0) is 42.8 Å². The SMILES string of the molecule is Cc1cc(Cl)ccc1-n1nnc(C(=O)O)c1-c1ccncc1. The maximum absolute atomic E-state index is 11.4. The highest BCUT2D eigenvalue weighted by Gasteiger charge is 2.22. The largest absolute Gasteiger partial charge is 0.476 e. The number of pyridine rings is 1. The van der Waals surface area contributed by atoms with E-state index in [1.54, 1.807) is 42.7 Å². The van der Waals surface area contributed by atoms with E-state index in [0.717, 1.165) is 11.3 Å². The summed E-state index contributed by atoms with van der Waals surface area (Å²) in [6, 6.07) is 8.72. The summed E-state index contributed by atoms with van der Waals surface area (Å²) in [7, 11) is 0. The first kappa shape index (κ1) is 14.2. The third kappa shape index (κ3) is 2.44. The molecule has 1 aromatic carbocycles. The van der Waals surface area contributed by atoms with Crippen molar-refractivity contribution in [2.24, 2.45) is 0 Å². The summed E-state index contributed by atoms with van der Waals surface area (Å²) >= 11 is 5.97. The standard InChI is InChI=1S/C15H11ClN4O2/c1-9-8-11(16)2-3-12(9)20-14(10-4-6-17-7-5-10)13(15(21)22)18-19-20/h2-8H,1H3,(H,21,22). The van der Waals surface area contributed by atoms with E-state index in [-0.39, 0.29) is 5.69 Å². The minimum Gasteiger partial charge on any atom is -0.476 e. The lowest BCUT2D eigenvalue weighted by atomic mass is 10.1. The molecule has 0 aliphatic carbocycles. The fourth-order valence-corrected chi connectivity index (χ4v) is 2.45. The van der Waals surface area contributed by atoms with Crippen LogP contribution in [-0.2, 0) is 0 Å². The summed E-state index contributed by atoms with van der Waals surface area (Å²) < 4.78 is 1.50. The van der Waals surface area contributed by atoms with Gasteiger partial charge >= 0.3 is 5.97 Å². The number of aryl methyl sites for hydroxylation is 1. The first-order valence-electron chi connectivity index (χ1n) is 6.44. The monoisotopic (exact) mass is 314 g/mol. The third-order valence-electron chi connectivity index (χ3n) is 3.21. The normalized spacial score (nSPS) is 10.6. The molecule has 22 heavy (non-hydrogen) atoms. The van der Waals surface area contributed by atoms with E-state index in [1.807, 2.05) is 6.92 Å². The van der Waals surface area contributed by atoms with Crippen LogP contribution in [0.1, 0.15) is 16.1 Å². The van der Waals surface area contributed by atoms with Crippen molar-refractivity contribution in [1.29, 1.82) is 0 Å². The minimum absolute atomic E-state index is 0.111. The summed E-state index contributed by atoms with van der Waals surface area (Å²) in [5.74, 6) is -1.13. The van der Waals surface area contributed by atoms with Crippen LogP contribution in [0.4, 0.5) is 0 Å². The predicted molar refractivity (Wildman–Crippen MR) is 81.3 cm³/mol. The van der Waals surface area contributed by atoms with Gasteiger partial charge in [0.05, 0.1) is 5.69 Å². The summed E-state index contributed by atoms with van der Waals surface area (Å²) in [6.45, 7) is 1.87. The van der Waals surface area contributed by atoms with Crippen molar-refractivity contribution in [3.05, 3.63) is 59.0 Å². The van der Waals surface area contributed by atoms with Crippen LogP contribution in [-0.4, -0.2) is 31.1 Å². The molecule has 3 aromatic rings. The molecule has 7 heteroatoms. The predicted octanol–water partition coefficient (Wildman–Crippen LogP) is 2.99. The molecule has 0 saturated heterocycles. The van der Waals surface area contributed by atoms with E-state index < -0.39 is 5.97 Å². The van der Waals surface area contributed by atoms with Gasteiger partial charge in [-0.3, -0.25) is 4.98 Å². The smallest absolute Gasteiger partial charge is 0.358 e. The van der Waals surface area contributed by atoms with Gasteiger partial charge in [0.15, 0.2) is 5.69 Å². The lowest BCUT2D eigenvalue weighted by Gasteiger charge is -2.10. The Bertz CT molecular complexity index is 846. The average molecular weight is 315 g/mol. The maximum atomic E-state index is 11.4. The summed E-state index contributed by atoms with van der Waals surface area (Å²) in [4.78, 5) is 15.4. The van der Waals surface area contributed by atoms with Gasteiger partial charge in [-0.25, -0.2) is 9.48 Å². The van der Waals surface area contributed by atoms with Crippen LogP contribution in [0.5, 0.6) is 0 Å². The van der Waals surface area contributed by atoms with Gasteiger partial charge in [0, 0.05) is 23.0 Å². The fourth-order valence-electron chi connectivity index (χ4n) is 2.22. The van der Waals surface area contributed by atoms with Crippen molar-refractivity contribution in [2.75, 3.05) is 0 Å². The molecular weight excluding hydrogens is 304 g/mol. The number of hydrogen-bond acceptors (Lipinski definition) is 4. The Morgan fingerprint density at radius 2 is 1.95 bits per heavy atom. The highest BCUT2D eigenvalue weighted by atomic mass is 35.5. The molecule has 2 aromatic heterocycles. The van der Waals surface area contributed by atoms with Gasteiger partial charge in [-0.1, -0.05) is 16.8 Å². The molecule has 6 nitrogen and oxygen atoms in total. The van der Waals surface area contributed by atoms with Crippen molar-refractivity contribution in [3.63, 3.8) is 0 Å². The number of aromatic nitrogens is 4. The number of nitrogens with zero attached hydrogens (tertiary/aromatic N) is 4. The number of carboxylic acids is 1. The lowest BCUT2D eigenvalue weighted by Crippen LogP contribution is -2.04. The van der Waals surface area contributed by atoms with Crippen molar-refractivity contribution in [2.45, 2.75) is 6.92 Å². The molecule has 0 radical (unpaired) electrons. The van der Waals surface area contributed by atoms with Crippen LogP contribution in [0.15, 0.2) is 42.7 Å². The second-order valence-corrected chi connectivity index (χ2v) is 5.11. The molecule has 0 amide bonds. The topological polar surface area (TPSA) is 80.9 Å². The molecule has 0 bridgehead atoms. The minimum atomic E-state index is -1.13. The third-order valence-corrected chi connectivity index (χ3v) is 3.45. The highest BCUT2D eigenvalue weighted by Crippen LogP contribution is 2.27. The van der Waals surface area contributed by atoms with E-state index in [4.69, 9.17) is 11.6 Å². The summed E-state index contributed by atoms with van der Waals surface area (Å²) in [6.07, 6.45) is 3.18. The van der Waals surface area contributed by atoms with E-state index in [0.29, 0.717) is 16.3 Å². The molecule has 110 valence electrons. The maximum Gasteiger partial charge on any atom is 0.358 e. The lowest BCUT2D eigenvalue weighted by molar-refractivity contribution is 0.0691. The zero-order valence-corrected chi connectivity index (χ0v) is 12.3. The Kier molecular flexibility index (Phi) is 3.60. The second kappa shape index (κ2) is 5.57. The summed E-state index contributed by atoms with van der Waals surface area (Å²) in [5, 5.41) is 17.7. The molecule has 0 atom stereocenters. The molecule has 0 fully saturated rings. The Labute approximate surface area is 131 Å². The van der Waals surface area contributed by atoms with E-state index in [1.165, 1.54) is 4.68 Å². The summed E-state index contributed by atoms with van der Waals surface area (Å²) in [5.41, 5.74) is 2.55. The number of carbonyl (C=O) groups is 1. The van der Waals surface area contributed by atoms with E-state index in [2.05, 4.69) is 15.3 Å². The van der Waals surface area contributed by atoms with Crippen molar-refractivity contribution < 1.29 is 9.90 Å². The number of rotatable bonds is 3. The average Bonchev–Trinajstić information content (AvgIpc) is 2.93. The zero-order chi connectivity index (χ0) is 15.7. The zero-order valence-electron chi connectivity index (χ0n) is 11.6. The van der Waals surface area contributed by atoms with Gasteiger partial charge in [0.25, 0.3) is 0 Å². The molecule has 0 unspecified atom stereocenters. The fraction of sp³-hybridized carbons (Fsp3) is 0.0667. The van der Waals surface area contributed by atoms with Crippen molar-refractivity contribution in [3.8, 4) is 16.9 Å². The van der Waals surface area contributed by atoms with Crippen LogP contribution in [0, 0.1) is 6.92 Å². The molecule has 3 rings (SSSR count). The van der Waals surface area contributed by atoms with Gasteiger partial charge in [0.1, 0.15) is 5.69 Å². The Morgan fingerprint density at radius 3 is 2.59 bits per heavy atom. The molecule has 0 aliphatic rings. The number of hydrogen-bond donors (Lipinski definition) is 1. The van der Waals surface area contributed by atoms with E-state index in [9.17, 15) is 9.90 Å². The first-order valence-corrected chi connectivity index (χ1v) is 6.81. The molecular formula is C15H11ClN4O2. The van der Waals surface area contributed by atoms with Gasteiger partial charge in [0.2, 0.25) is 0 Å². The van der Waals surface area contributed by atoms with Crippen molar-refractivity contribution >= 4 is 17.6 Å². The Balaban J connectivity index is 2.27. The van der Waals surface area contributed by atoms with E-state index >= 15 is 0 Å². The molecule has 0 spiro atoms. The van der Waals surface area contributed by atoms with Crippen LogP contribution in [0.2, 0.25) is 5.02 Å². The van der Waals surface area contributed by atoms with Gasteiger partial charge in [-0.2, -0.15) is 0 Å². The Hall–Kier alpha value is -2.73. The number of aromatic carboxylic acids is 1. The number of carboxylic acid groups (broad SMARTS) is 1. The Morgan fingerprint density at radius 1 is 1.23 bits per heavy atom. The number of halogens is 1. The van der Waals surface area contributed by atoms with Crippen LogP contribution in [0.3, 0.4) is 0 Å². The van der Waals surface area contributed by atoms with Crippen LogP contribution >= 0.6 is 11.6 Å².